The average Bonchev–Trinajstić information content (AvgIpc) is 2.74. The molecule has 3 aliphatic rings. The van der Waals surface area contributed by atoms with Gasteiger partial charge in [-0.1, -0.05) is 45.4 Å². The second-order valence-electron chi connectivity index (χ2n) is 6.78. The largest absolute Gasteiger partial charge is 0.294 e. The Bertz CT molecular complexity index is 440. The van der Waals surface area contributed by atoms with Gasteiger partial charge in [-0.15, -0.1) is 0 Å². The lowest BCUT2D eigenvalue weighted by molar-refractivity contribution is -0.124. The molecule has 0 radical (unpaired) electrons. The number of ketones is 1. The van der Waals surface area contributed by atoms with Crippen molar-refractivity contribution in [2.75, 3.05) is 0 Å². The highest BCUT2D eigenvalue weighted by atomic mass is 16.1. The number of hydrogen-bond donors (Lipinski definition) is 0. The molecule has 17 heavy (non-hydrogen) atoms. The Balaban J connectivity index is 2.11. The van der Waals surface area contributed by atoms with E-state index in [1.807, 2.05) is 0 Å². The smallest absolute Gasteiger partial charge is 0.165 e. The molecule has 0 aliphatic heterocycles. The van der Waals surface area contributed by atoms with Crippen molar-refractivity contribution in [3.05, 3.63) is 23.8 Å². The summed E-state index contributed by atoms with van der Waals surface area (Å²) >= 11 is 0. The van der Waals surface area contributed by atoms with Crippen LogP contribution in [0.5, 0.6) is 0 Å². The third-order valence-corrected chi connectivity index (χ3v) is 5.65. The first-order valence-electron chi connectivity index (χ1n) is 6.92. The zero-order valence-corrected chi connectivity index (χ0v) is 11.2. The summed E-state index contributed by atoms with van der Waals surface area (Å²) in [6.07, 6.45) is 12.1. The minimum Gasteiger partial charge on any atom is -0.294 e. The van der Waals surface area contributed by atoms with Crippen LogP contribution in [-0.2, 0) is 4.79 Å². The fourth-order valence-corrected chi connectivity index (χ4v) is 4.62. The first-order valence-corrected chi connectivity index (χ1v) is 6.92. The Morgan fingerprint density at radius 1 is 1.29 bits per heavy atom. The van der Waals surface area contributed by atoms with Gasteiger partial charge in [0, 0.05) is 16.4 Å². The van der Waals surface area contributed by atoms with Crippen LogP contribution in [0, 0.1) is 16.2 Å². The van der Waals surface area contributed by atoms with Crippen molar-refractivity contribution in [3.63, 3.8) is 0 Å². The second kappa shape index (κ2) is 3.13. The molecule has 1 spiro atoms. The molecule has 0 heterocycles. The number of allylic oxidation sites excluding steroid dienone is 4. The Kier molecular flexibility index (Phi) is 2.07. The maximum atomic E-state index is 12.7. The minimum atomic E-state index is 0.00384. The van der Waals surface area contributed by atoms with Gasteiger partial charge in [0.05, 0.1) is 0 Å². The zero-order chi connectivity index (χ0) is 12.3. The highest BCUT2D eigenvalue weighted by Crippen LogP contribution is 2.70. The second-order valence-corrected chi connectivity index (χ2v) is 6.78. The Morgan fingerprint density at radius 3 is 2.71 bits per heavy atom. The van der Waals surface area contributed by atoms with Crippen LogP contribution in [0.1, 0.15) is 52.9 Å². The van der Waals surface area contributed by atoms with E-state index in [0.29, 0.717) is 5.78 Å². The standard InChI is InChI=1S/C16H22O/c1-4-7-15-9-10-16(11-15)12(13(15)17)6-5-8-14(16,2)3/h5-6,8H,4,7,9-11H2,1-3H3. The summed E-state index contributed by atoms with van der Waals surface area (Å²) in [4.78, 5) is 12.7. The minimum absolute atomic E-state index is 0.00384. The lowest BCUT2D eigenvalue weighted by Gasteiger charge is -2.44. The fraction of sp³-hybridized carbons (Fsp3) is 0.688. The summed E-state index contributed by atoms with van der Waals surface area (Å²) in [5, 5.41) is 0. The molecule has 0 aromatic carbocycles. The molecular formula is C16H22O. The summed E-state index contributed by atoms with van der Waals surface area (Å²) in [6.45, 7) is 6.81. The number of hydrogen-bond acceptors (Lipinski definition) is 1. The molecule has 92 valence electrons. The molecule has 2 fully saturated rings. The third kappa shape index (κ3) is 1.13. The maximum Gasteiger partial charge on any atom is 0.165 e. The van der Waals surface area contributed by atoms with Crippen molar-refractivity contribution in [2.24, 2.45) is 16.2 Å². The number of carbonyl (C=O) groups is 1. The Labute approximate surface area is 104 Å². The van der Waals surface area contributed by atoms with Gasteiger partial charge < -0.3 is 0 Å². The Hall–Kier alpha value is -0.850. The molecule has 0 amide bonds. The number of rotatable bonds is 2. The molecule has 0 saturated heterocycles. The molecule has 0 N–H and O–H groups in total. The van der Waals surface area contributed by atoms with E-state index < -0.39 is 0 Å². The average molecular weight is 230 g/mol. The van der Waals surface area contributed by atoms with Crippen LogP contribution in [0.25, 0.3) is 0 Å². The monoisotopic (exact) mass is 230 g/mol. The topological polar surface area (TPSA) is 17.1 Å². The van der Waals surface area contributed by atoms with Crippen LogP contribution in [0.15, 0.2) is 23.8 Å². The van der Waals surface area contributed by atoms with Crippen LogP contribution < -0.4 is 0 Å². The van der Waals surface area contributed by atoms with Crippen LogP contribution in [0.3, 0.4) is 0 Å². The van der Waals surface area contributed by atoms with Gasteiger partial charge in [0.1, 0.15) is 0 Å². The van der Waals surface area contributed by atoms with E-state index in [0.717, 1.165) is 31.3 Å². The predicted octanol–water partition coefficient (Wildman–Crippen LogP) is 4.05. The molecular weight excluding hydrogens is 208 g/mol. The first kappa shape index (κ1) is 11.3. The number of fused-ring (bicyclic) bond motifs is 1. The molecule has 2 atom stereocenters. The van der Waals surface area contributed by atoms with Gasteiger partial charge in [0.25, 0.3) is 0 Å². The summed E-state index contributed by atoms with van der Waals surface area (Å²) in [5.74, 6) is 0.475. The Morgan fingerprint density at radius 2 is 2.06 bits per heavy atom. The zero-order valence-electron chi connectivity index (χ0n) is 11.2. The lowest BCUT2D eigenvalue weighted by atomic mass is 9.59. The van der Waals surface area contributed by atoms with Crippen molar-refractivity contribution in [3.8, 4) is 0 Å². The normalized spacial score (nSPS) is 41.6. The quantitative estimate of drug-likeness (QED) is 0.699. The van der Waals surface area contributed by atoms with E-state index in [1.165, 1.54) is 6.42 Å². The summed E-state index contributed by atoms with van der Waals surface area (Å²) in [6, 6.07) is 0. The molecule has 2 unspecified atom stereocenters. The van der Waals surface area contributed by atoms with E-state index >= 15 is 0 Å². The molecule has 0 aromatic rings. The van der Waals surface area contributed by atoms with E-state index in [1.54, 1.807) is 0 Å². The molecule has 1 nitrogen and oxygen atoms in total. The van der Waals surface area contributed by atoms with Gasteiger partial charge in [-0.05, 0) is 31.1 Å². The van der Waals surface area contributed by atoms with Gasteiger partial charge in [-0.2, -0.15) is 0 Å². The SMILES string of the molecule is CCCC12CCC3(C1)C(=CC=CC3(C)C)C2=O. The highest BCUT2D eigenvalue weighted by molar-refractivity contribution is 6.05. The number of Topliss-reactive ketones (excluding diaryl/α,β-unsaturated/α-hetero) is 1. The molecule has 0 aromatic heterocycles. The number of carbonyl (C=O) groups excluding carboxylic acids is 1. The third-order valence-electron chi connectivity index (χ3n) is 5.65. The van der Waals surface area contributed by atoms with Gasteiger partial charge in [0.2, 0.25) is 0 Å². The van der Waals surface area contributed by atoms with Crippen LogP contribution in [0.4, 0.5) is 0 Å². The first-order chi connectivity index (χ1) is 7.97. The molecule has 1 heteroatoms. The summed E-state index contributed by atoms with van der Waals surface area (Å²) < 4.78 is 0. The van der Waals surface area contributed by atoms with Crippen molar-refractivity contribution in [2.45, 2.75) is 52.9 Å². The van der Waals surface area contributed by atoms with Gasteiger partial charge >= 0.3 is 0 Å². The van der Waals surface area contributed by atoms with Gasteiger partial charge in [-0.3, -0.25) is 4.79 Å². The van der Waals surface area contributed by atoms with E-state index in [9.17, 15) is 4.79 Å². The van der Waals surface area contributed by atoms with Gasteiger partial charge in [-0.25, -0.2) is 0 Å². The molecule has 3 rings (SSSR count). The van der Waals surface area contributed by atoms with E-state index in [4.69, 9.17) is 0 Å². The van der Waals surface area contributed by atoms with Crippen molar-refractivity contribution < 1.29 is 4.79 Å². The lowest BCUT2D eigenvalue weighted by Crippen LogP contribution is -2.38. The van der Waals surface area contributed by atoms with E-state index in [-0.39, 0.29) is 16.2 Å². The molecule has 3 aliphatic carbocycles. The van der Waals surface area contributed by atoms with Gasteiger partial charge in [0.15, 0.2) is 5.78 Å². The maximum absolute atomic E-state index is 12.7. The summed E-state index contributed by atoms with van der Waals surface area (Å²) in [7, 11) is 0. The predicted molar refractivity (Wildman–Crippen MR) is 69.6 cm³/mol. The molecule has 2 saturated carbocycles. The highest BCUT2D eigenvalue weighted by Gasteiger charge is 2.66. The summed E-state index contributed by atoms with van der Waals surface area (Å²) in [5.41, 5.74) is 1.46. The van der Waals surface area contributed by atoms with Crippen LogP contribution in [0.2, 0.25) is 0 Å². The van der Waals surface area contributed by atoms with Crippen LogP contribution >= 0.6 is 0 Å². The van der Waals surface area contributed by atoms with Crippen molar-refractivity contribution in [1.82, 2.24) is 0 Å². The van der Waals surface area contributed by atoms with E-state index in [2.05, 4.69) is 39.0 Å². The van der Waals surface area contributed by atoms with Crippen LogP contribution in [-0.4, -0.2) is 5.78 Å². The molecule has 2 bridgehead atoms. The van der Waals surface area contributed by atoms with Crippen molar-refractivity contribution in [1.29, 1.82) is 0 Å². The fourth-order valence-electron chi connectivity index (χ4n) is 4.62. The van der Waals surface area contributed by atoms with Crippen molar-refractivity contribution >= 4 is 5.78 Å².